The van der Waals surface area contributed by atoms with Crippen molar-refractivity contribution >= 4 is 11.9 Å². The molecule has 7 heteroatoms. The van der Waals surface area contributed by atoms with Crippen molar-refractivity contribution in [2.45, 2.75) is 13.0 Å². The van der Waals surface area contributed by atoms with Crippen molar-refractivity contribution in [1.82, 2.24) is 4.90 Å². The molecule has 0 radical (unpaired) electrons. The number of methoxy groups -OCH3 is 2. The van der Waals surface area contributed by atoms with Crippen LogP contribution in [0.25, 0.3) is 0 Å². The molecule has 1 aliphatic heterocycles. The third kappa shape index (κ3) is 4.51. The van der Waals surface area contributed by atoms with Crippen LogP contribution in [0.1, 0.15) is 39.2 Å². The van der Waals surface area contributed by atoms with E-state index >= 15 is 0 Å². The highest BCUT2D eigenvalue weighted by atomic mass is 16.5. The summed E-state index contributed by atoms with van der Waals surface area (Å²) in [6.45, 7) is 5.00. The van der Waals surface area contributed by atoms with Crippen LogP contribution in [0.3, 0.4) is 0 Å². The molecule has 0 aromatic heterocycles. The van der Waals surface area contributed by atoms with Gasteiger partial charge >= 0.3 is 0 Å². The van der Waals surface area contributed by atoms with Crippen molar-refractivity contribution in [3.63, 3.8) is 0 Å². The second-order valence-corrected chi connectivity index (χ2v) is 7.15. The van der Waals surface area contributed by atoms with Gasteiger partial charge in [-0.25, -0.2) is 0 Å². The first kappa shape index (κ1) is 20.7. The molecule has 1 atom stereocenters. The van der Waals surface area contributed by atoms with Crippen molar-refractivity contribution in [2.24, 2.45) is 0 Å². The van der Waals surface area contributed by atoms with E-state index in [0.717, 1.165) is 18.7 Å². The number of benzene rings is 2. The fraction of sp³-hybridized carbons (Fsp3) is 0.364. The zero-order valence-electron chi connectivity index (χ0n) is 16.9. The monoisotopic (exact) mass is 398 g/mol. The average molecular weight is 398 g/mol. The Morgan fingerprint density at radius 3 is 2.28 bits per heavy atom. The number of quaternary nitrogens is 1. The van der Waals surface area contributed by atoms with E-state index in [1.165, 1.54) is 17.0 Å². The molecule has 0 aliphatic carbocycles. The molecule has 29 heavy (non-hydrogen) atoms. The fourth-order valence-electron chi connectivity index (χ4n) is 3.75. The van der Waals surface area contributed by atoms with Gasteiger partial charge in [0.2, 0.25) is 0 Å². The summed E-state index contributed by atoms with van der Waals surface area (Å²) in [7, 11) is 3.24. The summed E-state index contributed by atoms with van der Waals surface area (Å²) in [5, 5.41) is 11.0. The smallest absolute Gasteiger partial charge is 0.254 e. The number of piperazine rings is 1. The quantitative estimate of drug-likeness (QED) is 0.750. The molecule has 0 bridgehead atoms. The molecule has 1 heterocycles. The summed E-state index contributed by atoms with van der Waals surface area (Å²) in [6.07, 6.45) is 0. The minimum absolute atomic E-state index is 0.0159. The van der Waals surface area contributed by atoms with Gasteiger partial charge in [0.25, 0.3) is 5.91 Å². The van der Waals surface area contributed by atoms with Crippen LogP contribution in [0, 0.1) is 0 Å². The molecule has 1 fully saturated rings. The summed E-state index contributed by atoms with van der Waals surface area (Å²) in [5.74, 6) is -0.0194. The minimum atomic E-state index is -1.28. The maximum atomic E-state index is 12.7. The zero-order valence-corrected chi connectivity index (χ0v) is 16.9. The number of ether oxygens (including phenoxy) is 2. The SMILES string of the molecule is COc1ccc([C@H](C)[NH+]2CCN(C(=O)c3cccc(C(=O)[O-])c3)CC2)cc1OC. The van der Waals surface area contributed by atoms with Gasteiger partial charge in [0.15, 0.2) is 11.5 Å². The number of hydrogen-bond acceptors (Lipinski definition) is 5. The van der Waals surface area contributed by atoms with E-state index in [9.17, 15) is 14.7 Å². The van der Waals surface area contributed by atoms with Gasteiger partial charge in [-0.1, -0.05) is 12.1 Å². The number of nitrogens with one attached hydrogen (secondary N) is 1. The predicted molar refractivity (Wildman–Crippen MR) is 105 cm³/mol. The molecule has 0 saturated carbocycles. The molecule has 1 aliphatic rings. The van der Waals surface area contributed by atoms with Crippen molar-refractivity contribution in [1.29, 1.82) is 0 Å². The zero-order chi connectivity index (χ0) is 21.0. The van der Waals surface area contributed by atoms with Gasteiger partial charge in [-0.2, -0.15) is 0 Å². The number of carboxylic acid groups (broad SMARTS) is 1. The molecule has 154 valence electrons. The lowest BCUT2D eigenvalue weighted by Gasteiger charge is -2.35. The Labute approximate surface area is 170 Å². The van der Waals surface area contributed by atoms with Crippen LogP contribution in [0.4, 0.5) is 0 Å². The Kier molecular flexibility index (Phi) is 6.39. The largest absolute Gasteiger partial charge is 0.545 e. The normalized spacial score (nSPS) is 15.6. The number of rotatable bonds is 6. The summed E-state index contributed by atoms with van der Waals surface area (Å²) in [5.41, 5.74) is 1.55. The van der Waals surface area contributed by atoms with Gasteiger partial charge in [0.1, 0.15) is 6.04 Å². The van der Waals surface area contributed by atoms with Crippen LogP contribution in [-0.2, 0) is 0 Å². The van der Waals surface area contributed by atoms with Gasteiger partial charge in [0, 0.05) is 11.1 Å². The van der Waals surface area contributed by atoms with Gasteiger partial charge in [-0.3, -0.25) is 4.79 Å². The van der Waals surface area contributed by atoms with Gasteiger partial charge in [-0.05, 0) is 42.8 Å². The van der Waals surface area contributed by atoms with Crippen LogP contribution < -0.4 is 19.5 Å². The Hall–Kier alpha value is -3.06. The van der Waals surface area contributed by atoms with Crippen molar-refractivity contribution in [3.05, 3.63) is 59.2 Å². The molecule has 1 amide bonds. The first-order valence-corrected chi connectivity index (χ1v) is 9.61. The minimum Gasteiger partial charge on any atom is -0.545 e. The number of aromatic carboxylic acids is 1. The molecule has 1 saturated heterocycles. The van der Waals surface area contributed by atoms with Crippen molar-refractivity contribution in [2.75, 3.05) is 40.4 Å². The van der Waals surface area contributed by atoms with Crippen molar-refractivity contribution < 1.29 is 29.1 Å². The Morgan fingerprint density at radius 2 is 1.66 bits per heavy atom. The standard InChI is InChI=1S/C22H26N2O5/c1-15(16-7-8-19(28-2)20(14-16)29-3)23-9-11-24(12-10-23)21(25)17-5-4-6-18(13-17)22(26)27/h4-8,13-15H,9-12H2,1-3H3,(H,26,27)/t15-/m0/s1. The molecular formula is C22H26N2O5. The summed E-state index contributed by atoms with van der Waals surface area (Å²) >= 11 is 0. The van der Waals surface area contributed by atoms with Gasteiger partial charge in [0.05, 0.1) is 46.4 Å². The Bertz CT molecular complexity index is 891. The lowest BCUT2D eigenvalue weighted by molar-refractivity contribution is -0.933. The number of amides is 1. The molecule has 3 rings (SSSR count). The van der Waals surface area contributed by atoms with Crippen molar-refractivity contribution in [3.8, 4) is 11.5 Å². The number of hydrogen-bond donors (Lipinski definition) is 1. The average Bonchev–Trinajstić information content (AvgIpc) is 2.77. The third-order valence-corrected chi connectivity index (χ3v) is 5.56. The van der Waals surface area contributed by atoms with E-state index in [-0.39, 0.29) is 17.5 Å². The predicted octanol–water partition coefficient (Wildman–Crippen LogP) is 0.169. The number of nitrogens with zero attached hydrogens (tertiary/aromatic N) is 1. The second kappa shape index (κ2) is 8.96. The Balaban J connectivity index is 1.65. The highest BCUT2D eigenvalue weighted by Gasteiger charge is 2.29. The lowest BCUT2D eigenvalue weighted by Crippen LogP contribution is -3.14. The summed E-state index contributed by atoms with van der Waals surface area (Å²) < 4.78 is 10.7. The van der Waals surface area contributed by atoms with Crippen LogP contribution >= 0.6 is 0 Å². The number of carbonyl (C=O) groups is 2. The molecule has 0 unspecified atom stereocenters. The summed E-state index contributed by atoms with van der Waals surface area (Å²) in [4.78, 5) is 26.9. The number of carboxylic acids is 1. The maximum absolute atomic E-state index is 12.7. The Morgan fingerprint density at radius 1 is 1.00 bits per heavy atom. The van der Waals surface area contributed by atoms with E-state index in [2.05, 4.69) is 6.92 Å². The molecule has 0 spiro atoms. The fourth-order valence-corrected chi connectivity index (χ4v) is 3.75. The van der Waals surface area contributed by atoms with Crippen LogP contribution in [-0.4, -0.2) is 57.2 Å². The number of carbonyl (C=O) groups excluding carboxylic acids is 2. The van der Waals surface area contributed by atoms with E-state index < -0.39 is 5.97 Å². The van der Waals surface area contributed by atoms with E-state index in [0.29, 0.717) is 30.2 Å². The highest BCUT2D eigenvalue weighted by molar-refractivity contribution is 5.97. The first-order valence-electron chi connectivity index (χ1n) is 9.61. The van der Waals surface area contributed by atoms with E-state index in [1.807, 2.05) is 18.2 Å². The first-order chi connectivity index (χ1) is 13.9. The third-order valence-electron chi connectivity index (χ3n) is 5.56. The van der Waals surface area contributed by atoms with E-state index in [1.54, 1.807) is 31.3 Å². The van der Waals surface area contributed by atoms with Gasteiger partial charge in [-0.15, -0.1) is 0 Å². The van der Waals surface area contributed by atoms with Gasteiger partial charge < -0.3 is 29.2 Å². The molecule has 1 N–H and O–H groups in total. The molecule has 2 aromatic carbocycles. The summed E-state index contributed by atoms with van der Waals surface area (Å²) in [6, 6.07) is 12.2. The molecular weight excluding hydrogens is 372 g/mol. The second-order valence-electron chi connectivity index (χ2n) is 7.15. The lowest BCUT2D eigenvalue weighted by atomic mass is 10.0. The molecule has 2 aromatic rings. The van der Waals surface area contributed by atoms with Crippen LogP contribution in [0.15, 0.2) is 42.5 Å². The maximum Gasteiger partial charge on any atom is 0.254 e. The van der Waals surface area contributed by atoms with Crippen LogP contribution in [0.2, 0.25) is 0 Å². The highest BCUT2D eigenvalue weighted by Crippen LogP contribution is 2.29. The molecule has 7 nitrogen and oxygen atoms in total. The van der Waals surface area contributed by atoms with Crippen LogP contribution in [0.5, 0.6) is 11.5 Å². The van der Waals surface area contributed by atoms with E-state index in [4.69, 9.17) is 9.47 Å². The topological polar surface area (TPSA) is 83.3 Å².